The van der Waals surface area contributed by atoms with Gasteiger partial charge < -0.3 is 14.8 Å². The summed E-state index contributed by atoms with van der Waals surface area (Å²) in [6.45, 7) is 0. The minimum atomic E-state index is -3.86. The summed E-state index contributed by atoms with van der Waals surface area (Å²) >= 11 is 8.00. The summed E-state index contributed by atoms with van der Waals surface area (Å²) in [5, 5.41) is 4.10. The summed E-state index contributed by atoms with van der Waals surface area (Å²) in [5.41, 5.74) is 3.43. The van der Waals surface area contributed by atoms with Crippen molar-refractivity contribution in [3.05, 3.63) is 89.0 Å². The van der Waals surface area contributed by atoms with Crippen molar-refractivity contribution in [2.45, 2.75) is 29.4 Å². The Bertz CT molecular complexity index is 1460. The van der Waals surface area contributed by atoms with E-state index in [2.05, 4.69) is 46.5 Å². The predicted molar refractivity (Wildman–Crippen MR) is 150 cm³/mol. The van der Waals surface area contributed by atoms with Gasteiger partial charge in [-0.15, -0.1) is 0 Å². The maximum Gasteiger partial charge on any atom is 0.262 e. The fourth-order valence-corrected chi connectivity index (χ4v) is 7.09. The maximum atomic E-state index is 13.3. The van der Waals surface area contributed by atoms with Crippen molar-refractivity contribution in [2.75, 3.05) is 28.7 Å². The number of benzene rings is 3. The Morgan fingerprint density at radius 2 is 1.86 bits per heavy atom. The van der Waals surface area contributed by atoms with E-state index in [1.54, 1.807) is 30.3 Å². The summed E-state index contributed by atoms with van der Waals surface area (Å²) in [6.07, 6.45) is 5.64. The lowest BCUT2D eigenvalue weighted by Gasteiger charge is -2.38. The van der Waals surface area contributed by atoms with Crippen LogP contribution >= 0.6 is 23.4 Å². The van der Waals surface area contributed by atoms with Gasteiger partial charge in [0.15, 0.2) is 0 Å². The van der Waals surface area contributed by atoms with Gasteiger partial charge in [0.2, 0.25) is 0 Å². The van der Waals surface area contributed by atoms with Crippen LogP contribution in [-0.4, -0.2) is 33.1 Å². The van der Waals surface area contributed by atoms with Gasteiger partial charge in [0, 0.05) is 28.1 Å². The van der Waals surface area contributed by atoms with E-state index < -0.39 is 10.0 Å². The zero-order valence-electron chi connectivity index (χ0n) is 20.2. The number of rotatable bonds is 7. The number of sulfonamides is 1. The van der Waals surface area contributed by atoms with E-state index in [9.17, 15) is 8.42 Å². The molecule has 2 N–H and O–H groups in total. The molecule has 0 spiro atoms. The molecule has 9 heteroatoms. The van der Waals surface area contributed by atoms with Gasteiger partial charge in [-0.2, -0.15) is 11.8 Å². The van der Waals surface area contributed by atoms with Gasteiger partial charge in [-0.1, -0.05) is 35.9 Å². The van der Waals surface area contributed by atoms with E-state index in [0.29, 0.717) is 28.5 Å². The average Bonchev–Trinajstić information content (AvgIpc) is 3.36. The van der Waals surface area contributed by atoms with Crippen LogP contribution in [0.5, 0.6) is 11.5 Å². The molecule has 0 saturated carbocycles. The highest BCUT2D eigenvalue weighted by Crippen LogP contribution is 2.50. The zero-order chi connectivity index (χ0) is 25.6. The second kappa shape index (κ2) is 9.82. The van der Waals surface area contributed by atoms with Gasteiger partial charge in [-0.25, -0.2) is 8.42 Å². The van der Waals surface area contributed by atoms with Crippen LogP contribution < -0.4 is 19.5 Å². The third-order valence-electron chi connectivity index (χ3n) is 7.20. The molecule has 3 aromatic carbocycles. The zero-order valence-corrected chi connectivity index (χ0v) is 22.6. The molecule has 0 amide bonds. The Morgan fingerprint density at radius 3 is 2.59 bits per heavy atom. The lowest BCUT2D eigenvalue weighted by atomic mass is 9.77. The Morgan fingerprint density at radius 1 is 1.05 bits per heavy atom. The molecular weight excluding hydrogens is 528 g/mol. The van der Waals surface area contributed by atoms with Gasteiger partial charge in [-0.3, -0.25) is 4.72 Å². The van der Waals surface area contributed by atoms with E-state index in [4.69, 9.17) is 21.1 Å². The molecule has 1 saturated heterocycles. The normalized spacial score (nSPS) is 22.4. The number of allylic oxidation sites excluding steroid dienone is 2. The average molecular weight is 555 g/mol. The Kier molecular flexibility index (Phi) is 6.51. The highest BCUT2D eigenvalue weighted by Gasteiger charge is 2.38. The molecule has 3 aromatic rings. The molecule has 0 radical (unpaired) electrons. The Labute approximate surface area is 226 Å². The largest absolute Gasteiger partial charge is 0.495 e. The van der Waals surface area contributed by atoms with Crippen molar-refractivity contribution in [1.82, 2.24) is 0 Å². The van der Waals surface area contributed by atoms with E-state index in [1.165, 1.54) is 12.7 Å². The molecule has 0 bridgehead atoms. The van der Waals surface area contributed by atoms with Crippen LogP contribution in [0.1, 0.15) is 29.5 Å². The molecule has 2 heterocycles. The van der Waals surface area contributed by atoms with Crippen LogP contribution in [0.2, 0.25) is 5.02 Å². The standard InChI is InChI=1S/C28H27ClN2O4S2/c1-34-27-12-7-18(29)13-26(27)31-37(32,33)21-10-11-25-24(14-21)22-3-2-4-23(22)28(30-25)17-5-8-19(9-6-17)35-20-15-36-16-20/h2-3,5-14,20,22-23,28,30-31H,4,15-16H2,1H3/t22-,23+,28+/m0/s1. The number of thioether (sulfide) groups is 1. The number of fused-ring (bicyclic) bond motifs is 3. The molecule has 6 rings (SSSR count). The van der Waals surface area contributed by atoms with Crippen molar-refractivity contribution in [3.8, 4) is 11.5 Å². The van der Waals surface area contributed by atoms with Gasteiger partial charge in [0.1, 0.15) is 17.6 Å². The topological polar surface area (TPSA) is 76.7 Å². The van der Waals surface area contributed by atoms with Gasteiger partial charge in [-0.05, 0) is 72.0 Å². The SMILES string of the molecule is COc1ccc(Cl)cc1NS(=O)(=O)c1ccc2c(c1)[C@H]1C=CC[C@H]1[C@@H](c1ccc(OC3CSC3)cc1)N2. The predicted octanol–water partition coefficient (Wildman–Crippen LogP) is 6.47. The minimum absolute atomic E-state index is 0.122. The van der Waals surface area contributed by atoms with Crippen LogP contribution in [-0.2, 0) is 10.0 Å². The van der Waals surface area contributed by atoms with E-state index in [1.807, 2.05) is 17.8 Å². The first-order chi connectivity index (χ1) is 17.9. The number of ether oxygens (including phenoxy) is 2. The fraction of sp³-hybridized carbons (Fsp3) is 0.286. The second-order valence-electron chi connectivity index (χ2n) is 9.52. The molecule has 37 heavy (non-hydrogen) atoms. The maximum absolute atomic E-state index is 13.3. The van der Waals surface area contributed by atoms with Gasteiger partial charge >= 0.3 is 0 Å². The molecule has 6 nitrogen and oxygen atoms in total. The van der Waals surface area contributed by atoms with Crippen LogP contribution in [0.3, 0.4) is 0 Å². The summed E-state index contributed by atoms with van der Waals surface area (Å²) in [4.78, 5) is 0.197. The number of hydrogen-bond donors (Lipinski definition) is 2. The molecule has 192 valence electrons. The minimum Gasteiger partial charge on any atom is -0.495 e. The summed E-state index contributed by atoms with van der Waals surface area (Å²) in [5.74, 6) is 3.83. The lowest BCUT2D eigenvalue weighted by molar-refractivity contribution is 0.240. The van der Waals surface area contributed by atoms with Crippen molar-refractivity contribution < 1.29 is 17.9 Å². The van der Waals surface area contributed by atoms with Crippen LogP contribution in [0.25, 0.3) is 0 Å². The number of anilines is 2. The number of hydrogen-bond acceptors (Lipinski definition) is 6. The van der Waals surface area contributed by atoms with Crippen molar-refractivity contribution in [1.29, 1.82) is 0 Å². The summed E-state index contributed by atoms with van der Waals surface area (Å²) < 4.78 is 40.6. The fourth-order valence-electron chi connectivity index (χ4n) is 5.26. The monoisotopic (exact) mass is 554 g/mol. The highest BCUT2D eigenvalue weighted by molar-refractivity contribution is 8.00. The van der Waals surface area contributed by atoms with Crippen LogP contribution in [0.15, 0.2) is 77.7 Å². The van der Waals surface area contributed by atoms with E-state index >= 15 is 0 Å². The first-order valence-electron chi connectivity index (χ1n) is 12.2. The number of nitrogens with one attached hydrogen (secondary N) is 2. The smallest absolute Gasteiger partial charge is 0.262 e. The molecule has 2 aliphatic heterocycles. The van der Waals surface area contributed by atoms with Crippen LogP contribution in [0.4, 0.5) is 11.4 Å². The third kappa shape index (κ3) is 4.78. The quantitative estimate of drug-likeness (QED) is 0.326. The first-order valence-corrected chi connectivity index (χ1v) is 15.2. The van der Waals surface area contributed by atoms with Crippen LogP contribution in [0, 0.1) is 5.92 Å². The molecule has 0 aromatic heterocycles. The van der Waals surface area contributed by atoms with E-state index in [0.717, 1.165) is 34.9 Å². The number of halogens is 1. The number of methoxy groups -OCH3 is 1. The summed E-state index contributed by atoms with van der Waals surface area (Å²) in [6, 6.07) is 18.6. The molecular formula is C28H27ClN2O4S2. The molecule has 3 aliphatic rings. The lowest BCUT2D eigenvalue weighted by Crippen LogP contribution is -2.31. The van der Waals surface area contributed by atoms with Crippen molar-refractivity contribution >= 4 is 44.8 Å². The molecule has 1 aliphatic carbocycles. The second-order valence-corrected chi connectivity index (χ2v) is 12.7. The Balaban J connectivity index is 1.27. The Hall–Kier alpha value is -2.81. The first kappa shape index (κ1) is 24.5. The summed E-state index contributed by atoms with van der Waals surface area (Å²) in [7, 11) is -2.37. The third-order valence-corrected chi connectivity index (χ3v) is 10.0. The van der Waals surface area contributed by atoms with Crippen molar-refractivity contribution in [2.24, 2.45) is 5.92 Å². The van der Waals surface area contributed by atoms with Gasteiger partial charge in [0.05, 0.1) is 23.7 Å². The molecule has 1 fully saturated rings. The highest BCUT2D eigenvalue weighted by atomic mass is 35.5. The molecule has 3 atom stereocenters. The van der Waals surface area contributed by atoms with Crippen molar-refractivity contribution in [3.63, 3.8) is 0 Å². The molecule has 0 unspecified atom stereocenters. The van der Waals surface area contributed by atoms with Gasteiger partial charge in [0.25, 0.3) is 10.0 Å². The van der Waals surface area contributed by atoms with E-state index in [-0.39, 0.29) is 16.9 Å².